The molecule has 0 bridgehead atoms. The second-order valence-electron chi connectivity index (χ2n) is 1.03. The summed E-state index contributed by atoms with van der Waals surface area (Å²) >= 11 is 0. The predicted molar refractivity (Wildman–Crippen MR) is 22.0 cm³/mol. The number of oxazole rings is 1. The van der Waals surface area contributed by atoms with Crippen LogP contribution >= 0.6 is 0 Å². The van der Waals surface area contributed by atoms with Gasteiger partial charge in [-0.05, 0) is 0 Å². The summed E-state index contributed by atoms with van der Waals surface area (Å²) in [6.45, 7) is 0. The van der Waals surface area contributed by atoms with Crippen LogP contribution in [0.15, 0.2) is 10.8 Å². The first kappa shape index (κ1) is 4.76. The molecule has 1 heterocycles. The van der Waals surface area contributed by atoms with Gasteiger partial charge in [0.2, 0.25) is 6.20 Å². The highest BCUT2D eigenvalue weighted by atomic mass is 16.6. The lowest BCUT2D eigenvalue weighted by Gasteiger charge is -1.74. The van der Waals surface area contributed by atoms with Crippen LogP contribution in [0.25, 0.3) is 0 Å². The molecule has 0 fully saturated rings. The lowest BCUT2D eigenvalue weighted by Crippen LogP contribution is -1.82. The van der Waals surface area contributed by atoms with Gasteiger partial charge in [0.05, 0.1) is 0 Å². The summed E-state index contributed by atoms with van der Waals surface area (Å²) in [4.78, 5) is 12.2. The van der Waals surface area contributed by atoms with Gasteiger partial charge >= 0.3 is 5.88 Å². The van der Waals surface area contributed by atoms with Crippen molar-refractivity contribution in [2.24, 2.45) is 0 Å². The van der Waals surface area contributed by atoms with Crippen molar-refractivity contribution in [1.29, 1.82) is 0 Å². The van der Waals surface area contributed by atoms with Crippen molar-refractivity contribution in [1.82, 2.24) is 4.98 Å². The van der Waals surface area contributed by atoms with E-state index in [1.807, 2.05) is 6.20 Å². The summed E-state index contributed by atoms with van der Waals surface area (Å²) < 4.78 is 4.23. The van der Waals surface area contributed by atoms with Crippen LogP contribution in [0.2, 0.25) is 0 Å². The van der Waals surface area contributed by atoms with E-state index in [0.717, 1.165) is 6.39 Å². The first-order chi connectivity index (χ1) is 3.80. The Morgan fingerprint density at radius 3 is 3.00 bits per heavy atom. The zero-order valence-corrected chi connectivity index (χ0v) is 3.70. The Bertz CT molecular complexity index is 180. The Balaban J connectivity index is 2.93. The fourth-order valence-electron chi connectivity index (χ4n) is 0.268. The quantitative estimate of drug-likeness (QED) is 0.390. The third-order valence-electron chi connectivity index (χ3n) is 0.543. The molecule has 0 aliphatic carbocycles. The zero-order chi connectivity index (χ0) is 5.98. The molecule has 0 unspecified atom stereocenters. The first-order valence-corrected chi connectivity index (χ1v) is 1.76. The molecule has 5 nitrogen and oxygen atoms in total. The zero-order valence-electron chi connectivity index (χ0n) is 3.70. The van der Waals surface area contributed by atoms with Crippen molar-refractivity contribution in [3.8, 4) is 0 Å². The molecule has 0 aliphatic heterocycles. The van der Waals surface area contributed by atoms with Crippen molar-refractivity contribution in [2.45, 2.75) is 0 Å². The van der Waals surface area contributed by atoms with Gasteiger partial charge in [-0.1, -0.05) is 0 Å². The normalized spacial score (nSPS) is 9.00. The van der Waals surface area contributed by atoms with Crippen LogP contribution < -0.4 is 0 Å². The molecular weight excluding hydrogens is 112 g/mol. The molecule has 1 radical (unpaired) electrons. The van der Waals surface area contributed by atoms with Gasteiger partial charge < -0.3 is 4.42 Å². The van der Waals surface area contributed by atoms with Crippen molar-refractivity contribution in [2.75, 3.05) is 0 Å². The molecule has 1 aromatic rings. The number of hydrogen-bond donors (Lipinski definition) is 0. The molecule has 0 saturated carbocycles. The lowest BCUT2D eigenvalue weighted by atomic mass is 10.8. The molecule has 1 rings (SSSR count). The third kappa shape index (κ3) is 0.651. The molecule has 0 aliphatic rings. The minimum Gasteiger partial charge on any atom is -0.388 e. The van der Waals surface area contributed by atoms with E-state index < -0.39 is 10.8 Å². The van der Waals surface area contributed by atoms with E-state index in [4.69, 9.17) is 0 Å². The van der Waals surface area contributed by atoms with Gasteiger partial charge in [-0.15, -0.1) is 0 Å². The van der Waals surface area contributed by atoms with Crippen LogP contribution in [0.4, 0.5) is 5.88 Å². The lowest BCUT2D eigenvalue weighted by molar-refractivity contribution is -0.402. The molecule has 0 saturated heterocycles. The second-order valence-corrected chi connectivity index (χ2v) is 1.03. The Morgan fingerprint density at radius 1 is 2.00 bits per heavy atom. The SMILES string of the molecule is O=[N+]([O-])c1[c]nco1. The average molecular weight is 113 g/mol. The number of nitrogens with zero attached hydrogens (tertiary/aromatic N) is 2. The van der Waals surface area contributed by atoms with Gasteiger partial charge in [-0.2, -0.15) is 0 Å². The Morgan fingerprint density at radius 2 is 2.75 bits per heavy atom. The van der Waals surface area contributed by atoms with Crippen LogP contribution in [0, 0.1) is 16.3 Å². The highest BCUT2D eigenvalue weighted by Crippen LogP contribution is 2.04. The van der Waals surface area contributed by atoms with E-state index in [1.54, 1.807) is 0 Å². The second kappa shape index (κ2) is 1.61. The Labute approximate surface area is 44.1 Å². The van der Waals surface area contributed by atoms with Gasteiger partial charge in [0.25, 0.3) is 0 Å². The highest BCUT2D eigenvalue weighted by molar-refractivity contribution is 5.01. The maximum atomic E-state index is 9.70. The molecule has 5 heteroatoms. The fraction of sp³-hybridized carbons (Fsp3) is 0. The van der Waals surface area contributed by atoms with Crippen molar-refractivity contribution >= 4 is 5.88 Å². The number of rotatable bonds is 1. The van der Waals surface area contributed by atoms with Gasteiger partial charge in [0.15, 0.2) is 6.39 Å². The van der Waals surface area contributed by atoms with Crippen LogP contribution in [0.1, 0.15) is 0 Å². The summed E-state index contributed by atoms with van der Waals surface area (Å²) in [5.74, 6) is -0.454. The largest absolute Gasteiger partial charge is 0.463 e. The van der Waals surface area contributed by atoms with Gasteiger partial charge in [-0.3, -0.25) is 10.1 Å². The Kier molecular flexibility index (Phi) is 0.957. The maximum absolute atomic E-state index is 9.70. The molecule has 8 heavy (non-hydrogen) atoms. The molecule has 41 valence electrons. The van der Waals surface area contributed by atoms with E-state index in [2.05, 4.69) is 9.40 Å². The van der Waals surface area contributed by atoms with Crippen LogP contribution in [0.5, 0.6) is 0 Å². The predicted octanol–water partition coefficient (Wildman–Crippen LogP) is 0.383. The van der Waals surface area contributed by atoms with E-state index in [-0.39, 0.29) is 0 Å². The minimum absolute atomic E-state index is 0.454. The summed E-state index contributed by atoms with van der Waals surface area (Å²) in [5, 5.41) is 9.70. The van der Waals surface area contributed by atoms with Crippen molar-refractivity contribution < 1.29 is 9.34 Å². The fourth-order valence-corrected chi connectivity index (χ4v) is 0.268. The summed E-state index contributed by atoms with van der Waals surface area (Å²) in [5.41, 5.74) is 0. The standard InChI is InChI=1S/C3HN2O3/c6-5(7)3-1-4-2-8-3/h2H. The van der Waals surface area contributed by atoms with Crippen LogP contribution in [0.3, 0.4) is 0 Å². The number of aromatic nitrogens is 1. The smallest absolute Gasteiger partial charge is 0.388 e. The van der Waals surface area contributed by atoms with Crippen LogP contribution in [-0.4, -0.2) is 9.91 Å². The van der Waals surface area contributed by atoms with Crippen molar-refractivity contribution in [3.63, 3.8) is 0 Å². The Hall–Kier alpha value is -1.39. The van der Waals surface area contributed by atoms with Crippen LogP contribution in [-0.2, 0) is 0 Å². The van der Waals surface area contributed by atoms with Gasteiger partial charge in [0, 0.05) is 0 Å². The monoisotopic (exact) mass is 113 g/mol. The topological polar surface area (TPSA) is 69.2 Å². The van der Waals surface area contributed by atoms with E-state index >= 15 is 0 Å². The summed E-state index contributed by atoms with van der Waals surface area (Å²) in [6, 6.07) is 0. The molecule has 0 aromatic carbocycles. The number of hydrogen-bond acceptors (Lipinski definition) is 4. The molecule has 0 atom stereocenters. The molecule has 0 spiro atoms. The highest BCUT2D eigenvalue weighted by Gasteiger charge is 2.07. The molecule has 0 N–H and O–H groups in total. The first-order valence-electron chi connectivity index (χ1n) is 1.76. The van der Waals surface area contributed by atoms with E-state index in [1.165, 1.54) is 0 Å². The maximum Gasteiger partial charge on any atom is 0.463 e. The van der Waals surface area contributed by atoms with Gasteiger partial charge in [0.1, 0.15) is 4.92 Å². The molecule has 0 amide bonds. The van der Waals surface area contributed by atoms with Crippen molar-refractivity contribution in [3.05, 3.63) is 22.7 Å². The molecule has 1 aromatic heterocycles. The van der Waals surface area contributed by atoms with Gasteiger partial charge in [-0.25, -0.2) is 4.98 Å². The minimum atomic E-state index is -0.701. The average Bonchev–Trinajstić information content (AvgIpc) is 2.12. The van der Waals surface area contributed by atoms with E-state index in [0.29, 0.717) is 0 Å². The summed E-state index contributed by atoms with van der Waals surface area (Å²) in [7, 11) is 0. The third-order valence-corrected chi connectivity index (χ3v) is 0.543. The number of nitro groups is 1. The summed E-state index contributed by atoms with van der Waals surface area (Å²) in [6.07, 6.45) is 2.98. The molecular formula is C3HN2O3. The van der Waals surface area contributed by atoms with E-state index in [9.17, 15) is 10.1 Å².